The SMILES string of the molecule is CCCCn1cc(-c2ccc(Cl)cc2Cl)nc1[C@H](Cc1ccc(Oc2ccc(C(=O)O)cc2)cc1)NC(=O)c1ccc(OC)cc1OC. The summed E-state index contributed by atoms with van der Waals surface area (Å²) in [6.45, 7) is 2.81. The molecule has 0 saturated heterocycles. The van der Waals surface area contributed by atoms with E-state index in [-0.39, 0.29) is 11.5 Å². The normalized spacial score (nSPS) is 11.5. The number of ether oxygens (including phenoxy) is 3. The number of nitrogens with zero attached hydrogens (tertiary/aromatic N) is 2. The maximum absolute atomic E-state index is 13.9. The van der Waals surface area contributed by atoms with Crippen LogP contribution < -0.4 is 19.5 Å². The Balaban J connectivity index is 1.49. The van der Waals surface area contributed by atoms with Gasteiger partial charge in [0.25, 0.3) is 5.91 Å². The first-order valence-corrected chi connectivity index (χ1v) is 16.1. The number of aryl methyl sites for hydroxylation is 1. The lowest BCUT2D eigenvalue weighted by Gasteiger charge is -2.21. The molecular weight excluding hydrogens is 653 g/mol. The van der Waals surface area contributed by atoms with Gasteiger partial charge in [-0.05, 0) is 85.1 Å². The van der Waals surface area contributed by atoms with Crippen molar-refractivity contribution >= 4 is 35.1 Å². The Morgan fingerprint density at radius 3 is 2.21 bits per heavy atom. The Morgan fingerprint density at radius 2 is 1.58 bits per heavy atom. The molecule has 0 spiro atoms. The van der Waals surface area contributed by atoms with Crippen molar-refractivity contribution in [3.05, 3.63) is 124 Å². The van der Waals surface area contributed by atoms with Gasteiger partial charge in [-0.1, -0.05) is 48.7 Å². The number of hydrogen-bond acceptors (Lipinski definition) is 6. The van der Waals surface area contributed by atoms with Crippen LogP contribution in [0.2, 0.25) is 10.0 Å². The first kappa shape index (κ1) is 34.3. The van der Waals surface area contributed by atoms with Crippen LogP contribution in [0.5, 0.6) is 23.0 Å². The highest BCUT2D eigenvalue weighted by atomic mass is 35.5. The molecule has 1 atom stereocenters. The molecule has 0 aliphatic heterocycles. The molecule has 0 bridgehead atoms. The molecule has 1 heterocycles. The molecule has 0 fully saturated rings. The minimum Gasteiger partial charge on any atom is -0.497 e. The highest BCUT2D eigenvalue weighted by Crippen LogP contribution is 2.33. The third-order valence-electron chi connectivity index (χ3n) is 7.74. The number of carboxylic acid groups (broad SMARTS) is 1. The summed E-state index contributed by atoms with van der Waals surface area (Å²) < 4.78 is 18.8. The average molecular weight is 689 g/mol. The van der Waals surface area contributed by atoms with Crippen molar-refractivity contribution in [2.45, 2.75) is 38.8 Å². The van der Waals surface area contributed by atoms with E-state index in [9.17, 15) is 9.59 Å². The van der Waals surface area contributed by atoms with E-state index in [2.05, 4.69) is 16.8 Å². The Morgan fingerprint density at radius 1 is 0.896 bits per heavy atom. The van der Waals surface area contributed by atoms with Gasteiger partial charge >= 0.3 is 5.97 Å². The van der Waals surface area contributed by atoms with Gasteiger partial charge in [0.05, 0.1) is 42.1 Å². The molecule has 9 nitrogen and oxygen atoms in total. The van der Waals surface area contributed by atoms with E-state index < -0.39 is 12.0 Å². The number of unbranched alkanes of at least 4 members (excludes halogenated alkanes) is 1. The van der Waals surface area contributed by atoms with Crippen LogP contribution in [0, 0.1) is 0 Å². The largest absolute Gasteiger partial charge is 0.497 e. The van der Waals surface area contributed by atoms with Crippen molar-refractivity contribution < 1.29 is 28.9 Å². The lowest BCUT2D eigenvalue weighted by Crippen LogP contribution is -2.32. The van der Waals surface area contributed by atoms with Crippen LogP contribution in [-0.4, -0.2) is 40.8 Å². The first-order chi connectivity index (χ1) is 23.2. The van der Waals surface area contributed by atoms with Crippen LogP contribution in [-0.2, 0) is 13.0 Å². The molecule has 0 unspecified atom stereocenters. The zero-order valence-corrected chi connectivity index (χ0v) is 28.2. The summed E-state index contributed by atoms with van der Waals surface area (Å²) in [6.07, 6.45) is 4.24. The number of rotatable bonds is 14. The van der Waals surface area contributed by atoms with Gasteiger partial charge in [-0.25, -0.2) is 9.78 Å². The molecule has 0 saturated carbocycles. The molecule has 0 radical (unpaired) electrons. The molecular formula is C37H35Cl2N3O6. The molecule has 2 N–H and O–H groups in total. The number of halogens is 2. The second-order valence-corrected chi connectivity index (χ2v) is 11.9. The molecule has 1 amide bonds. The van der Waals surface area contributed by atoms with Crippen LogP contribution in [0.25, 0.3) is 11.3 Å². The van der Waals surface area contributed by atoms with Crippen LogP contribution in [0.1, 0.15) is 57.9 Å². The van der Waals surface area contributed by atoms with E-state index >= 15 is 0 Å². The Hall–Kier alpha value is -4.99. The van der Waals surface area contributed by atoms with Crippen molar-refractivity contribution in [2.24, 2.45) is 0 Å². The third kappa shape index (κ3) is 8.29. The van der Waals surface area contributed by atoms with Gasteiger partial charge in [0.2, 0.25) is 0 Å². The molecule has 5 aromatic rings. The van der Waals surface area contributed by atoms with Gasteiger partial charge in [-0.3, -0.25) is 4.79 Å². The number of hydrogen-bond donors (Lipinski definition) is 2. The zero-order valence-electron chi connectivity index (χ0n) is 26.7. The lowest BCUT2D eigenvalue weighted by atomic mass is 10.0. The van der Waals surface area contributed by atoms with Crippen LogP contribution >= 0.6 is 23.2 Å². The Labute approximate surface area is 289 Å². The second kappa shape index (κ2) is 15.7. The van der Waals surface area contributed by atoms with Gasteiger partial charge in [0.1, 0.15) is 28.8 Å². The van der Waals surface area contributed by atoms with E-state index in [1.54, 1.807) is 49.6 Å². The van der Waals surface area contributed by atoms with Crippen molar-refractivity contribution in [3.8, 4) is 34.3 Å². The van der Waals surface area contributed by atoms with Gasteiger partial charge in [-0.15, -0.1) is 0 Å². The van der Waals surface area contributed by atoms with Crippen LogP contribution in [0.4, 0.5) is 0 Å². The molecule has 48 heavy (non-hydrogen) atoms. The van der Waals surface area contributed by atoms with Crippen molar-refractivity contribution in [2.75, 3.05) is 14.2 Å². The standard InChI is InChI=1S/C37H35Cl2N3O6/c1-4-5-18-42-22-33(29-16-10-25(38)20-31(29)39)40-35(42)32(41-36(43)30-17-15-28(46-2)21-34(30)47-3)19-23-6-11-26(12-7-23)48-27-13-8-24(9-14-27)37(44)45/h6-17,20-22,32H,4-5,18-19H2,1-3H3,(H,41,43)(H,44,45)/t32-/m0/s1. The average Bonchev–Trinajstić information content (AvgIpc) is 3.51. The molecule has 0 aliphatic carbocycles. The molecule has 11 heteroatoms. The number of imidazole rings is 1. The summed E-state index contributed by atoms with van der Waals surface area (Å²) in [5.41, 5.74) is 2.86. The minimum absolute atomic E-state index is 0.178. The Bertz CT molecular complexity index is 1890. The summed E-state index contributed by atoms with van der Waals surface area (Å²) in [6, 6.07) is 23.5. The smallest absolute Gasteiger partial charge is 0.335 e. The first-order valence-electron chi connectivity index (χ1n) is 15.3. The number of carbonyl (C=O) groups is 2. The van der Waals surface area contributed by atoms with Crippen molar-refractivity contribution in [3.63, 3.8) is 0 Å². The minimum atomic E-state index is -1.00. The molecule has 5 rings (SSSR count). The van der Waals surface area contributed by atoms with E-state index in [0.29, 0.717) is 63.1 Å². The molecule has 0 aliphatic rings. The summed E-state index contributed by atoms with van der Waals surface area (Å²) in [4.78, 5) is 30.1. The number of aromatic nitrogens is 2. The van der Waals surface area contributed by atoms with Crippen LogP contribution in [0.3, 0.4) is 0 Å². The number of amides is 1. The van der Waals surface area contributed by atoms with Crippen molar-refractivity contribution in [1.82, 2.24) is 14.9 Å². The third-order valence-corrected chi connectivity index (χ3v) is 8.29. The topological polar surface area (TPSA) is 112 Å². The summed E-state index contributed by atoms with van der Waals surface area (Å²) in [7, 11) is 3.06. The van der Waals surface area contributed by atoms with Gasteiger partial charge < -0.3 is 29.2 Å². The van der Waals surface area contributed by atoms with E-state index in [1.807, 2.05) is 36.5 Å². The predicted octanol–water partition coefficient (Wildman–Crippen LogP) is 8.88. The summed E-state index contributed by atoms with van der Waals surface area (Å²) >= 11 is 12.8. The van der Waals surface area contributed by atoms with E-state index in [1.165, 1.54) is 19.2 Å². The Kier molecular flexibility index (Phi) is 11.3. The van der Waals surface area contributed by atoms with Crippen LogP contribution in [0.15, 0.2) is 91.1 Å². The fourth-order valence-corrected chi connectivity index (χ4v) is 5.71. The summed E-state index contributed by atoms with van der Waals surface area (Å²) in [5, 5.41) is 13.4. The number of carboxylic acids is 1. The number of carbonyl (C=O) groups excluding carboxylic acids is 1. The van der Waals surface area contributed by atoms with E-state index in [0.717, 1.165) is 24.0 Å². The number of aromatic carboxylic acids is 1. The molecule has 248 valence electrons. The zero-order chi connectivity index (χ0) is 34.2. The fourth-order valence-electron chi connectivity index (χ4n) is 5.20. The lowest BCUT2D eigenvalue weighted by molar-refractivity contribution is 0.0696. The number of nitrogens with one attached hydrogen (secondary N) is 1. The number of methoxy groups -OCH3 is 2. The predicted molar refractivity (Wildman–Crippen MR) is 186 cm³/mol. The fraction of sp³-hybridized carbons (Fsp3) is 0.216. The highest BCUT2D eigenvalue weighted by molar-refractivity contribution is 6.36. The van der Waals surface area contributed by atoms with Gasteiger partial charge in [0.15, 0.2) is 0 Å². The maximum atomic E-state index is 13.9. The number of benzene rings is 4. The highest BCUT2D eigenvalue weighted by Gasteiger charge is 2.25. The summed E-state index contributed by atoms with van der Waals surface area (Å²) in [5.74, 6) is 1.37. The monoisotopic (exact) mass is 687 g/mol. The van der Waals surface area contributed by atoms with Crippen molar-refractivity contribution in [1.29, 1.82) is 0 Å². The second-order valence-electron chi connectivity index (χ2n) is 11.0. The van der Waals surface area contributed by atoms with Gasteiger partial charge in [-0.2, -0.15) is 0 Å². The van der Waals surface area contributed by atoms with Gasteiger partial charge in [0, 0.05) is 29.4 Å². The molecule has 4 aromatic carbocycles. The van der Waals surface area contributed by atoms with E-state index in [4.69, 9.17) is 47.5 Å². The maximum Gasteiger partial charge on any atom is 0.335 e. The molecule has 1 aromatic heterocycles. The quantitative estimate of drug-likeness (QED) is 0.120.